The summed E-state index contributed by atoms with van der Waals surface area (Å²) in [4.78, 5) is 55.3. The zero-order valence-electron chi connectivity index (χ0n) is 22.9. The van der Waals surface area contributed by atoms with Crippen LogP contribution in [0.15, 0.2) is 55.6 Å². The Hall–Kier alpha value is -4.98. The van der Waals surface area contributed by atoms with Gasteiger partial charge in [-0.25, -0.2) is 9.13 Å². The van der Waals surface area contributed by atoms with E-state index in [1.54, 1.807) is 27.7 Å². The smallest absolute Gasteiger partial charge is 0.269 e. The zero-order valence-corrected chi connectivity index (χ0v) is 22.9. The van der Waals surface area contributed by atoms with Gasteiger partial charge in [-0.05, 0) is 75.9 Å². The maximum atomic E-state index is 13.9. The van der Waals surface area contributed by atoms with E-state index in [1.165, 1.54) is 0 Å². The van der Waals surface area contributed by atoms with Gasteiger partial charge in [0.2, 0.25) is 5.88 Å². The van der Waals surface area contributed by atoms with Crippen LogP contribution in [0.2, 0.25) is 0 Å². The molecule has 0 saturated heterocycles. The quantitative estimate of drug-likeness (QED) is 0.321. The highest BCUT2D eigenvalue weighted by atomic mass is 16.3. The number of phenolic OH excluding ortho intramolecular Hbond substituents is 1. The molecular weight excluding hydrogens is 508 g/mol. The highest BCUT2D eigenvalue weighted by Crippen LogP contribution is 2.41. The second-order valence-electron chi connectivity index (χ2n) is 10.8. The standard InChI is InChI=1S/C32H26N2O6/c1-13-7-15(3)27(16(4)8-13)33-29(37)19-11-22(36)26-24-20(12-21(35)25(23(19)24)31(33)39)30(38)34(32(26)40)28-17(5)9-14(2)10-18(28)6/h7-12,35,40H,1-6H3. The van der Waals surface area contributed by atoms with Crippen molar-refractivity contribution < 1.29 is 10.2 Å². The van der Waals surface area contributed by atoms with Gasteiger partial charge in [-0.1, -0.05) is 35.4 Å². The van der Waals surface area contributed by atoms with E-state index in [9.17, 15) is 29.4 Å². The monoisotopic (exact) mass is 534 g/mol. The summed E-state index contributed by atoms with van der Waals surface area (Å²) in [5, 5.41) is 22.1. The third kappa shape index (κ3) is 3.19. The van der Waals surface area contributed by atoms with Crippen LogP contribution in [0.4, 0.5) is 0 Å². The summed E-state index contributed by atoms with van der Waals surface area (Å²) in [5.41, 5.74) is 2.42. The SMILES string of the molecule is Cc1cc(C)c(-n2c(O)c3c(=O)cc4c(=O)n(-c5c(C)cc(C)cc5C)c(=O)c5c(O)cc(c2=O)c3c5-4)c(C)c1. The van der Waals surface area contributed by atoms with Gasteiger partial charge in [0.25, 0.3) is 16.7 Å². The van der Waals surface area contributed by atoms with Crippen molar-refractivity contribution >= 4 is 21.5 Å². The van der Waals surface area contributed by atoms with Crippen LogP contribution in [0.25, 0.3) is 44.0 Å². The van der Waals surface area contributed by atoms with Gasteiger partial charge in [0.15, 0.2) is 5.43 Å². The number of phenols is 1. The van der Waals surface area contributed by atoms with Gasteiger partial charge in [-0.15, -0.1) is 0 Å². The predicted octanol–water partition coefficient (Wildman–Crippen LogP) is 4.26. The molecule has 3 aromatic carbocycles. The molecule has 0 atom stereocenters. The fraction of sp³-hybridized carbons (Fsp3) is 0.188. The highest BCUT2D eigenvalue weighted by molar-refractivity contribution is 6.17. The Balaban J connectivity index is 1.87. The Morgan fingerprint density at radius 3 is 1.57 bits per heavy atom. The molecule has 0 bridgehead atoms. The molecule has 0 fully saturated rings. The van der Waals surface area contributed by atoms with Gasteiger partial charge < -0.3 is 10.2 Å². The molecule has 1 aliphatic heterocycles. The van der Waals surface area contributed by atoms with Gasteiger partial charge in [0.1, 0.15) is 5.75 Å². The van der Waals surface area contributed by atoms with Crippen LogP contribution in [-0.4, -0.2) is 19.3 Å². The van der Waals surface area contributed by atoms with E-state index < -0.39 is 33.7 Å². The lowest BCUT2D eigenvalue weighted by molar-refractivity contribution is 0.442. The molecule has 1 aromatic heterocycles. The molecule has 1 aliphatic carbocycles. The first-order chi connectivity index (χ1) is 18.8. The average Bonchev–Trinajstić information content (AvgIpc) is 2.84. The summed E-state index contributed by atoms with van der Waals surface area (Å²) < 4.78 is 2.03. The van der Waals surface area contributed by atoms with Gasteiger partial charge >= 0.3 is 0 Å². The van der Waals surface area contributed by atoms with Crippen molar-refractivity contribution in [3.63, 3.8) is 0 Å². The maximum absolute atomic E-state index is 13.9. The molecule has 0 radical (unpaired) electrons. The summed E-state index contributed by atoms with van der Waals surface area (Å²) >= 11 is 0. The zero-order chi connectivity index (χ0) is 28.9. The van der Waals surface area contributed by atoms with Gasteiger partial charge in [0, 0.05) is 10.9 Å². The minimum absolute atomic E-state index is 0.0184. The van der Waals surface area contributed by atoms with Crippen LogP contribution in [0.5, 0.6) is 11.6 Å². The van der Waals surface area contributed by atoms with Crippen molar-refractivity contribution in [1.82, 2.24) is 9.13 Å². The Morgan fingerprint density at radius 1 is 0.550 bits per heavy atom. The third-order valence-electron chi connectivity index (χ3n) is 7.79. The Morgan fingerprint density at radius 2 is 1.05 bits per heavy atom. The second kappa shape index (κ2) is 8.26. The lowest BCUT2D eigenvalue weighted by atomic mass is 9.89. The second-order valence-corrected chi connectivity index (χ2v) is 10.8. The maximum Gasteiger partial charge on any atom is 0.269 e. The molecule has 8 nitrogen and oxygen atoms in total. The van der Waals surface area contributed by atoms with Crippen LogP contribution < -0.4 is 22.1 Å². The van der Waals surface area contributed by atoms with Crippen molar-refractivity contribution in [2.24, 2.45) is 0 Å². The van der Waals surface area contributed by atoms with E-state index in [-0.39, 0.29) is 32.7 Å². The Bertz CT molecular complexity index is 2230. The molecule has 4 aromatic rings. The van der Waals surface area contributed by atoms with Crippen molar-refractivity contribution in [3.8, 4) is 34.1 Å². The van der Waals surface area contributed by atoms with Crippen molar-refractivity contribution in [2.45, 2.75) is 41.5 Å². The summed E-state index contributed by atoms with van der Waals surface area (Å²) in [5.74, 6) is -1.08. The number of hydrogen-bond donors (Lipinski definition) is 2. The number of benzene rings is 4. The molecule has 2 heterocycles. The molecule has 0 amide bonds. The third-order valence-corrected chi connectivity index (χ3v) is 7.79. The highest BCUT2D eigenvalue weighted by Gasteiger charge is 2.31. The number of aromatic hydroxyl groups is 2. The number of rotatable bonds is 2. The number of aromatic nitrogens is 2. The lowest BCUT2D eigenvalue weighted by Crippen LogP contribution is -2.36. The van der Waals surface area contributed by atoms with E-state index in [2.05, 4.69) is 0 Å². The molecule has 0 unspecified atom stereocenters. The van der Waals surface area contributed by atoms with E-state index in [0.29, 0.717) is 33.6 Å². The summed E-state index contributed by atoms with van der Waals surface area (Å²) in [6, 6.07) is 9.61. The summed E-state index contributed by atoms with van der Waals surface area (Å²) in [6.45, 7) is 11.0. The molecule has 2 aliphatic rings. The summed E-state index contributed by atoms with van der Waals surface area (Å²) in [6.07, 6.45) is 0. The first-order valence-electron chi connectivity index (χ1n) is 12.8. The molecule has 8 heteroatoms. The number of nitrogens with zero attached hydrogens (tertiary/aromatic N) is 2. The fourth-order valence-electron chi connectivity index (χ4n) is 6.49. The van der Waals surface area contributed by atoms with E-state index in [1.807, 2.05) is 38.1 Å². The normalized spacial score (nSPS) is 11.8. The number of aryl methyl sites for hydroxylation is 6. The molecule has 0 spiro atoms. The van der Waals surface area contributed by atoms with Gasteiger partial charge in [-0.3, -0.25) is 19.2 Å². The summed E-state index contributed by atoms with van der Waals surface area (Å²) in [7, 11) is 0. The Labute approximate surface area is 227 Å². The largest absolute Gasteiger partial charge is 0.507 e. The number of hydrogen-bond acceptors (Lipinski definition) is 6. The average molecular weight is 535 g/mol. The van der Waals surface area contributed by atoms with Crippen LogP contribution in [0, 0.1) is 41.5 Å². The van der Waals surface area contributed by atoms with Gasteiger partial charge in [0.05, 0.1) is 33.1 Å². The minimum Gasteiger partial charge on any atom is -0.507 e. The van der Waals surface area contributed by atoms with Crippen LogP contribution in [-0.2, 0) is 0 Å². The first-order valence-corrected chi connectivity index (χ1v) is 12.8. The van der Waals surface area contributed by atoms with Crippen LogP contribution in [0.3, 0.4) is 0 Å². The topological polar surface area (TPSA) is 119 Å². The van der Waals surface area contributed by atoms with Crippen molar-refractivity contribution in [3.05, 3.63) is 111 Å². The predicted molar refractivity (Wildman–Crippen MR) is 156 cm³/mol. The van der Waals surface area contributed by atoms with E-state index in [0.717, 1.165) is 32.4 Å². The molecule has 200 valence electrons. The van der Waals surface area contributed by atoms with E-state index in [4.69, 9.17) is 0 Å². The lowest BCUT2D eigenvalue weighted by Gasteiger charge is -2.22. The minimum atomic E-state index is -0.777. The molecule has 2 N–H and O–H groups in total. The molecule has 0 saturated carbocycles. The van der Waals surface area contributed by atoms with Crippen molar-refractivity contribution in [2.75, 3.05) is 0 Å². The van der Waals surface area contributed by atoms with E-state index >= 15 is 0 Å². The fourth-order valence-corrected chi connectivity index (χ4v) is 6.49. The number of pyridine rings is 2. The van der Waals surface area contributed by atoms with Crippen molar-refractivity contribution in [1.29, 1.82) is 0 Å². The molecule has 40 heavy (non-hydrogen) atoms. The van der Waals surface area contributed by atoms with Gasteiger partial charge in [-0.2, -0.15) is 0 Å². The molecule has 6 rings (SSSR count). The Kier molecular flexibility index (Phi) is 5.22. The first kappa shape index (κ1) is 25.3. The molecular formula is C32H26N2O6. The van der Waals surface area contributed by atoms with Crippen LogP contribution >= 0.6 is 0 Å². The van der Waals surface area contributed by atoms with Crippen LogP contribution in [0.1, 0.15) is 33.4 Å².